The zero-order valence-electron chi connectivity index (χ0n) is 11.0. The van der Waals surface area contributed by atoms with Crippen LogP contribution in [0.5, 0.6) is 5.75 Å². The van der Waals surface area contributed by atoms with Crippen LogP contribution in [0.4, 0.5) is 14.5 Å². The normalized spacial score (nSPS) is 10.0. The van der Waals surface area contributed by atoms with E-state index in [9.17, 15) is 18.9 Å². The highest BCUT2D eigenvalue weighted by Crippen LogP contribution is 2.31. The van der Waals surface area contributed by atoms with Gasteiger partial charge < -0.3 is 4.74 Å². The van der Waals surface area contributed by atoms with Gasteiger partial charge in [0.15, 0.2) is 0 Å². The van der Waals surface area contributed by atoms with Crippen LogP contribution in [0.1, 0.15) is 11.1 Å². The number of benzene rings is 2. The molecule has 2 rings (SSSR count). The van der Waals surface area contributed by atoms with Gasteiger partial charge in [0, 0.05) is 12.1 Å². The predicted octanol–water partition coefficient (Wildman–Crippen LogP) is 4.26. The Morgan fingerprint density at radius 3 is 2.29 bits per heavy atom. The van der Waals surface area contributed by atoms with Crippen molar-refractivity contribution in [3.63, 3.8) is 0 Å². The third kappa shape index (κ3) is 3.22. The Kier molecular flexibility index (Phi) is 4.27. The molecule has 0 saturated heterocycles. The molecule has 0 aliphatic rings. The summed E-state index contributed by atoms with van der Waals surface area (Å²) in [6, 6.07) is 11.2. The van der Waals surface area contributed by atoms with Crippen molar-refractivity contribution in [2.75, 3.05) is 7.11 Å². The van der Waals surface area contributed by atoms with Crippen molar-refractivity contribution in [2.24, 2.45) is 0 Å². The molecule has 0 amide bonds. The summed E-state index contributed by atoms with van der Waals surface area (Å²) in [7, 11) is 1.47. The molecule has 2 aromatic rings. The molecular weight excluding hydrogens is 280 g/mol. The zero-order valence-corrected chi connectivity index (χ0v) is 11.0. The molecule has 0 unspecified atom stereocenters. The van der Waals surface area contributed by atoms with E-state index in [4.69, 9.17) is 4.74 Å². The van der Waals surface area contributed by atoms with Gasteiger partial charge in [0.25, 0.3) is 11.8 Å². The first-order chi connectivity index (χ1) is 10.0. The highest BCUT2D eigenvalue weighted by molar-refractivity contribution is 5.81. The van der Waals surface area contributed by atoms with Crippen molar-refractivity contribution in [1.29, 1.82) is 0 Å². The van der Waals surface area contributed by atoms with Gasteiger partial charge in [0.05, 0.1) is 17.6 Å². The second-order valence-electron chi connectivity index (χ2n) is 4.17. The number of nitrogens with zero attached hydrogens (tertiary/aromatic N) is 1. The number of ether oxygens (including phenoxy) is 1. The summed E-state index contributed by atoms with van der Waals surface area (Å²) in [6.45, 7) is 0. The van der Waals surface area contributed by atoms with E-state index in [1.807, 2.05) is 0 Å². The Bertz CT molecular complexity index is 692. The largest absolute Gasteiger partial charge is 0.497 e. The van der Waals surface area contributed by atoms with Gasteiger partial charge in [0.1, 0.15) is 5.75 Å². The molecule has 4 nitrogen and oxygen atoms in total. The minimum Gasteiger partial charge on any atom is -0.497 e. The quantitative estimate of drug-likeness (QED) is 0.624. The average molecular weight is 291 g/mol. The smallest absolute Gasteiger partial charge is 0.278 e. The first kappa shape index (κ1) is 14.6. The van der Waals surface area contributed by atoms with Crippen molar-refractivity contribution in [2.45, 2.75) is 0 Å². The van der Waals surface area contributed by atoms with Crippen LogP contribution in [0, 0.1) is 10.1 Å². The van der Waals surface area contributed by atoms with Gasteiger partial charge in [-0.2, -0.15) is 8.78 Å². The fourth-order valence-corrected chi connectivity index (χ4v) is 1.92. The molecule has 0 bridgehead atoms. The number of non-ortho nitro benzene ring substituents is 1. The maximum Gasteiger partial charge on any atom is 0.278 e. The molecule has 0 heterocycles. The molecule has 0 aliphatic heterocycles. The molecule has 2 aromatic carbocycles. The monoisotopic (exact) mass is 291 g/mol. The Balaban J connectivity index is 2.51. The van der Waals surface area contributed by atoms with Crippen molar-refractivity contribution < 1.29 is 18.4 Å². The molecule has 21 heavy (non-hydrogen) atoms. The molecule has 0 aromatic heterocycles. The lowest BCUT2D eigenvalue weighted by atomic mass is 9.98. The number of nitro benzene ring substituents is 1. The van der Waals surface area contributed by atoms with Crippen LogP contribution in [-0.2, 0) is 0 Å². The van der Waals surface area contributed by atoms with Gasteiger partial charge in [-0.15, -0.1) is 0 Å². The molecule has 0 atom stereocenters. The van der Waals surface area contributed by atoms with Gasteiger partial charge in [-0.3, -0.25) is 10.1 Å². The fraction of sp³-hybridized carbons (Fsp3) is 0.0667. The summed E-state index contributed by atoms with van der Waals surface area (Å²) < 4.78 is 31.5. The molecule has 0 fully saturated rings. The van der Waals surface area contributed by atoms with Crippen LogP contribution in [0.25, 0.3) is 5.57 Å². The lowest BCUT2D eigenvalue weighted by Gasteiger charge is -2.08. The van der Waals surface area contributed by atoms with Gasteiger partial charge in [-0.1, -0.05) is 24.3 Å². The predicted molar refractivity (Wildman–Crippen MR) is 74.3 cm³/mol. The van der Waals surface area contributed by atoms with Crippen LogP contribution in [0.3, 0.4) is 0 Å². The van der Waals surface area contributed by atoms with Crippen molar-refractivity contribution in [1.82, 2.24) is 0 Å². The second kappa shape index (κ2) is 6.13. The fourth-order valence-electron chi connectivity index (χ4n) is 1.92. The molecule has 0 aliphatic carbocycles. The summed E-state index contributed by atoms with van der Waals surface area (Å²) in [5.74, 6) is 0.538. The highest BCUT2D eigenvalue weighted by Gasteiger charge is 2.15. The highest BCUT2D eigenvalue weighted by atomic mass is 19.3. The van der Waals surface area contributed by atoms with Gasteiger partial charge in [-0.05, 0) is 23.3 Å². The lowest BCUT2D eigenvalue weighted by molar-refractivity contribution is -0.384. The van der Waals surface area contributed by atoms with Gasteiger partial charge in [0.2, 0.25) is 0 Å². The zero-order chi connectivity index (χ0) is 15.4. The Labute approximate surface area is 119 Å². The maximum absolute atomic E-state index is 13.3. The summed E-state index contributed by atoms with van der Waals surface area (Å²) in [6.07, 6.45) is -1.90. The van der Waals surface area contributed by atoms with E-state index in [-0.39, 0.29) is 22.4 Å². The minimum atomic E-state index is -1.90. The number of nitro groups is 1. The SMILES string of the molecule is COc1ccc(C(=C(F)F)c2cccc([N+](=O)[O-])c2)cc1. The van der Waals surface area contributed by atoms with Crippen molar-refractivity contribution >= 4 is 11.3 Å². The van der Waals surface area contributed by atoms with Crippen LogP contribution >= 0.6 is 0 Å². The van der Waals surface area contributed by atoms with E-state index in [0.29, 0.717) is 5.75 Å². The lowest BCUT2D eigenvalue weighted by Crippen LogP contribution is -1.93. The van der Waals surface area contributed by atoms with E-state index >= 15 is 0 Å². The van der Waals surface area contributed by atoms with E-state index in [1.54, 1.807) is 12.1 Å². The van der Waals surface area contributed by atoms with Crippen LogP contribution in [0.15, 0.2) is 54.6 Å². The molecule has 108 valence electrons. The summed E-state index contributed by atoms with van der Waals surface area (Å²) >= 11 is 0. The third-order valence-electron chi connectivity index (χ3n) is 2.91. The summed E-state index contributed by atoms with van der Waals surface area (Å²) in [5.41, 5.74) is -0.216. The third-order valence-corrected chi connectivity index (χ3v) is 2.91. The van der Waals surface area contributed by atoms with E-state index < -0.39 is 11.0 Å². The van der Waals surface area contributed by atoms with E-state index in [2.05, 4.69) is 0 Å². The number of methoxy groups -OCH3 is 1. The number of halogens is 2. The molecule has 0 radical (unpaired) electrons. The van der Waals surface area contributed by atoms with E-state index in [0.717, 1.165) is 6.07 Å². The van der Waals surface area contributed by atoms with E-state index in [1.165, 1.54) is 37.4 Å². The van der Waals surface area contributed by atoms with Crippen LogP contribution in [0.2, 0.25) is 0 Å². The summed E-state index contributed by atoms with van der Waals surface area (Å²) in [4.78, 5) is 10.1. The second-order valence-corrected chi connectivity index (χ2v) is 4.17. The molecule has 6 heteroatoms. The summed E-state index contributed by atoms with van der Waals surface area (Å²) in [5, 5.41) is 10.8. The van der Waals surface area contributed by atoms with Crippen LogP contribution in [-0.4, -0.2) is 12.0 Å². The standard InChI is InChI=1S/C15H11F2NO3/c1-21-13-7-5-10(6-8-13)14(15(16)17)11-3-2-4-12(9-11)18(19)20/h2-9H,1H3. The van der Waals surface area contributed by atoms with Gasteiger partial charge >= 0.3 is 0 Å². The Morgan fingerprint density at radius 1 is 1.10 bits per heavy atom. The Hall–Kier alpha value is -2.76. The number of hydrogen-bond acceptors (Lipinski definition) is 3. The van der Waals surface area contributed by atoms with Crippen LogP contribution < -0.4 is 4.74 Å². The molecule has 0 N–H and O–H groups in total. The minimum absolute atomic E-state index is 0.0920. The molecule has 0 spiro atoms. The van der Waals surface area contributed by atoms with Crippen molar-refractivity contribution in [3.05, 3.63) is 75.9 Å². The van der Waals surface area contributed by atoms with Crippen molar-refractivity contribution in [3.8, 4) is 5.75 Å². The maximum atomic E-state index is 13.3. The number of rotatable bonds is 4. The first-order valence-corrected chi connectivity index (χ1v) is 5.97. The van der Waals surface area contributed by atoms with Gasteiger partial charge in [-0.25, -0.2) is 0 Å². The Morgan fingerprint density at radius 2 is 1.76 bits per heavy atom. The number of hydrogen-bond donors (Lipinski definition) is 0. The topological polar surface area (TPSA) is 52.4 Å². The first-order valence-electron chi connectivity index (χ1n) is 5.97. The molecular formula is C15H11F2NO3. The molecule has 0 saturated carbocycles. The average Bonchev–Trinajstić information content (AvgIpc) is 2.48.